The van der Waals surface area contributed by atoms with Crippen LogP contribution in [-0.4, -0.2) is 20.1 Å². The van der Waals surface area contributed by atoms with Gasteiger partial charge in [0.25, 0.3) is 0 Å². The van der Waals surface area contributed by atoms with Gasteiger partial charge in [0, 0.05) is 18.1 Å². The van der Waals surface area contributed by atoms with Gasteiger partial charge in [-0.2, -0.15) is 4.98 Å². The van der Waals surface area contributed by atoms with Crippen molar-refractivity contribution in [3.8, 4) is 22.5 Å². The lowest BCUT2D eigenvalue weighted by Gasteiger charge is -2.02. The Bertz CT molecular complexity index is 907. The van der Waals surface area contributed by atoms with Crippen LogP contribution in [-0.2, 0) is 5.75 Å². The quantitative estimate of drug-likeness (QED) is 0.528. The molecule has 0 radical (unpaired) electrons. The second-order valence-corrected chi connectivity index (χ2v) is 6.48. The molecule has 0 aliphatic rings. The molecule has 5 nitrogen and oxygen atoms in total. The van der Waals surface area contributed by atoms with Gasteiger partial charge in [0.05, 0.1) is 17.1 Å². The van der Waals surface area contributed by atoms with E-state index in [0.717, 1.165) is 27.7 Å². The molecule has 0 fully saturated rings. The molecule has 0 spiro atoms. The SMILES string of the molecule is Cc1nc(CSc2nc(-c3ccccc3)c(-c3ccccc3)[nH]2)no1. The van der Waals surface area contributed by atoms with Crippen LogP contribution in [0.2, 0.25) is 0 Å². The molecule has 0 aliphatic carbocycles. The highest BCUT2D eigenvalue weighted by molar-refractivity contribution is 7.98. The summed E-state index contributed by atoms with van der Waals surface area (Å²) < 4.78 is 5.02. The normalized spacial score (nSPS) is 10.9. The predicted octanol–water partition coefficient (Wildman–Crippen LogP) is 4.73. The van der Waals surface area contributed by atoms with E-state index >= 15 is 0 Å². The first-order chi connectivity index (χ1) is 12.3. The second kappa shape index (κ2) is 6.94. The van der Waals surface area contributed by atoms with Crippen molar-refractivity contribution in [1.29, 1.82) is 0 Å². The smallest absolute Gasteiger partial charge is 0.223 e. The van der Waals surface area contributed by atoms with Gasteiger partial charge >= 0.3 is 0 Å². The van der Waals surface area contributed by atoms with Crippen molar-refractivity contribution in [2.24, 2.45) is 0 Å². The van der Waals surface area contributed by atoms with E-state index in [4.69, 9.17) is 9.51 Å². The van der Waals surface area contributed by atoms with Crippen molar-refractivity contribution in [1.82, 2.24) is 20.1 Å². The number of nitrogens with zero attached hydrogens (tertiary/aromatic N) is 3. The van der Waals surface area contributed by atoms with Crippen LogP contribution in [0.3, 0.4) is 0 Å². The molecule has 1 N–H and O–H groups in total. The first-order valence-corrected chi connectivity index (χ1v) is 8.91. The molecule has 4 aromatic rings. The monoisotopic (exact) mass is 348 g/mol. The number of benzene rings is 2. The summed E-state index contributed by atoms with van der Waals surface area (Å²) in [5, 5.41) is 4.76. The van der Waals surface area contributed by atoms with E-state index in [-0.39, 0.29) is 0 Å². The van der Waals surface area contributed by atoms with Crippen molar-refractivity contribution in [2.45, 2.75) is 17.8 Å². The Hall–Kier alpha value is -2.86. The van der Waals surface area contributed by atoms with Gasteiger partial charge in [-0.3, -0.25) is 0 Å². The highest BCUT2D eigenvalue weighted by Crippen LogP contribution is 2.33. The molecule has 2 heterocycles. The minimum atomic E-state index is 0.574. The molecule has 25 heavy (non-hydrogen) atoms. The summed E-state index contributed by atoms with van der Waals surface area (Å²) in [5.74, 6) is 1.85. The van der Waals surface area contributed by atoms with Crippen LogP contribution in [0, 0.1) is 6.92 Å². The Kier molecular flexibility index (Phi) is 4.35. The molecular formula is C19H16N4OS. The Labute approximate surface area is 149 Å². The fourth-order valence-corrected chi connectivity index (χ4v) is 3.28. The molecule has 0 saturated carbocycles. The molecule has 4 rings (SSSR count). The Morgan fingerprint density at radius 3 is 2.24 bits per heavy atom. The summed E-state index contributed by atoms with van der Waals surface area (Å²) in [6.45, 7) is 1.79. The number of nitrogens with one attached hydrogen (secondary N) is 1. The molecule has 0 aliphatic heterocycles. The lowest BCUT2D eigenvalue weighted by molar-refractivity contribution is 0.389. The number of aryl methyl sites for hydroxylation is 1. The third-order valence-corrected chi connectivity index (χ3v) is 4.57. The number of thioether (sulfide) groups is 1. The van der Waals surface area contributed by atoms with Crippen LogP contribution < -0.4 is 0 Å². The number of aromatic amines is 1. The zero-order valence-electron chi connectivity index (χ0n) is 13.6. The molecule has 0 saturated heterocycles. The summed E-state index contributed by atoms with van der Waals surface area (Å²) in [5.41, 5.74) is 4.15. The van der Waals surface area contributed by atoms with E-state index in [0.29, 0.717) is 17.5 Å². The van der Waals surface area contributed by atoms with Gasteiger partial charge in [0.1, 0.15) is 0 Å². The Morgan fingerprint density at radius 2 is 1.60 bits per heavy atom. The van der Waals surface area contributed by atoms with Crippen molar-refractivity contribution in [3.05, 3.63) is 72.4 Å². The van der Waals surface area contributed by atoms with E-state index < -0.39 is 0 Å². The molecule has 0 atom stereocenters. The summed E-state index contributed by atoms with van der Waals surface area (Å²) in [7, 11) is 0. The van der Waals surface area contributed by atoms with Gasteiger partial charge in [-0.05, 0) is 0 Å². The summed E-state index contributed by atoms with van der Waals surface area (Å²) >= 11 is 1.56. The molecule has 0 amide bonds. The van der Waals surface area contributed by atoms with Crippen LogP contribution in [0.1, 0.15) is 11.7 Å². The first-order valence-electron chi connectivity index (χ1n) is 7.92. The summed E-state index contributed by atoms with van der Waals surface area (Å²) in [6, 6.07) is 20.4. The highest BCUT2D eigenvalue weighted by atomic mass is 32.2. The third-order valence-electron chi connectivity index (χ3n) is 3.70. The summed E-state index contributed by atoms with van der Waals surface area (Å²) in [6.07, 6.45) is 0. The highest BCUT2D eigenvalue weighted by Gasteiger charge is 2.15. The molecule has 6 heteroatoms. The average Bonchev–Trinajstić information content (AvgIpc) is 3.28. The second-order valence-electron chi connectivity index (χ2n) is 5.52. The lowest BCUT2D eigenvalue weighted by atomic mass is 10.1. The van der Waals surface area contributed by atoms with Crippen molar-refractivity contribution < 1.29 is 4.52 Å². The number of hydrogen-bond donors (Lipinski definition) is 1. The molecule has 0 bridgehead atoms. The zero-order chi connectivity index (χ0) is 17.1. The average molecular weight is 348 g/mol. The van der Waals surface area contributed by atoms with Crippen LogP contribution in [0.15, 0.2) is 70.3 Å². The van der Waals surface area contributed by atoms with Crippen LogP contribution in [0.5, 0.6) is 0 Å². The largest absolute Gasteiger partial charge is 0.340 e. The molecular weight excluding hydrogens is 332 g/mol. The maximum atomic E-state index is 5.02. The topological polar surface area (TPSA) is 67.6 Å². The standard InChI is InChI=1S/C19H16N4OS/c1-13-20-16(23-24-13)12-25-19-21-17(14-8-4-2-5-9-14)18(22-19)15-10-6-3-7-11-15/h2-11H,12H2,1H3,(H,21,22). The molecule has 0 unspecified atom stereocenters. The minimum Gasteiger partial charge on any atom is -0.340 e. The van der Waals surface area contributed by atoms with Gasteiger partial charge in [-0.1, -0.05) is 77.6 Å². The van der Waals surface area contributed by atoms with E-state index in [1.165, 1.54) is 0 Å². The van der Waals surface area contributed by atoms with Crippen LogP contribution >= 0.6 is 11.8 Å². The van der Waals surface area contributed by atoms with Gasteiger partial charge in [-0.15, -0.1) is 0 Å². The number of H-pyrrole nitrogens is 1. The number of imidazole rings is 1. The summed E-state index contributed by atoms with van der Waals surface area (Å²) in [4.78, 5) is 12.5. The van der Waals surface area contributed by atoms with Gasteiger partial charge in [0.15, 0.2) is 11.0 Å². The molecule has 2 aromatic carbocycles. The first kappa shape index (κ1) is 15.7. The number of aromatic nitrogens is 4. The maximum absolute atomic E-state index is 5.02. The predicted molar refractivity (Wildman–Crippen MR) is 98.1 cm³/mol. The minimum absolute atomic E-state index is 0.574. The molecule has 124 valence electrons. The van der Waals surface area contributed by atoms with Gasteiger partial charge in [0.2, 0.25) is 5.89 Å². The maximum Gasteiger partial charge on any atom is 0.223 e. The van der Waals surface area contributed by atoms with Crippen molar-refractivity contribution in [2.75, 3.05) is 0 Å². The fourth-order valence-electron chi connectivity index (χ4n) is 2.57. The number of rotatable bonds is 5. The zero-order valence-corrected chi connectivity index (χ0v) is 14.5. The van der Waals surface area contributed by atoms with Crippen LogP contribution in [0.4, 0.5) is 0 Å². The van der Waals surface area contributed by atoms with Crippen molar-refractivity contribution >= 4 is 11.8 Å². The van der Waals surface area contributed by atoms with Crippen LogP contribution in [0.25, 0.3) is 22.5 Å². The lowest BCUT2D eigenvalue weighted by Crippen LogP contribution is -1.85. The van der Waals surface area contributed by atoms with E-state index in [1.54, 1.807) is 18.7 Å². The van der Waals surface area contributed by atoms with Gasteiger partial charge in [-0.25, -0.2) is 4.98 Å². The van der Waals surface area contributed by atoms with E-state index in [2.05, 4.69) is 39.4 Å². The Morgan fingerprint density at radius 1 is 0.920 bits per heavy atom. The van der Waals surface area contributed by atoms with Crippen molar-refractivity contribution in [3.63, 3.8) is 0 Å². The van der Waals surface area contributed by atoms with E-state index in [9.17, 15) is 0 Å². The Balaban J connectivity index is 1.68. The molecule has 2 aromatic heterocycles. The number of hydrogen-bond acceptors (Lipinski definition) is 5. The van der Waals surface area contributed by atoms with Gasteiger partial charge < -0.3 is 9.51 Å². The fraction of sp³-hybridized carbons (Fsp3) is 0.105. The van der Waals surface area contributed by atoms with E-state index in [1.807, 2.05) is 36.4 Å². The third kappa shape index (κ3) is 3.49.